The first-order chi connectivity index (χ1) is 10.2. The van der Waals surface area contributed by atoms with Crippen molar-refractivity contribution in [3.05, 3.63) is 42.0 Å². The Morgan fingerprint density at radius 3 is 2.67 bits per heavy atom. The highest BCUT2D eigenvalue weighted by Gasteiger charge is 2.28. The molecule has 0 saturated carbocycles. The molecule has 0 aliphatic carbocycles. The second-order valence-corrected chi connectivity index (χ2v) is 6.56. The monoisotopic (exact) mass is 283 g/mol. The van der Waals surface area contributed by atoms with Gasteiger partial charge in [0.2, 0.25) is 0 Å². The molecule has 2 heteroatoms. The van der Waals surface area contributed by atoms with E-state index in [2.05, 4.69) is 49.5 Å². The van der Waals surface area contributed by atoms with Crippen molar-refractivity contribution in [2.75, 3.05) is 13.7 Å². The van der Waals surface area contributed by atoms with Crippen molar-refractivity contribution in [1.82, 2.24) is 5.32 Å². The van der Waals surface area contributed by atoms with Gasteiger partial charge in [0, 0.05) is 12.0 Å². The number of fused-ring (bicyclic) bond motifs is 1. The lowest BCUT2D eigenvalue weighted by atomic mass is 9.86. The molecule has 0 bridgehead atoms. The van der Waals surface area contributed by atoms with E-state index in [-0.39, 0.29) is 0 Å². The quantitative estimate of drug-likeness (QED) is 0.901. The van der Waals surface area contributed by atoms with Gasteiger partial charge in [0.15, 0.2) is 0 Å². The fraction of sp³-hybridized carbons (Fsp3) is 0.474. The Morgan fingerprint density at radius 2 is 1.90 bits per heavy atom. The summed E-state index contributed by atoms with van der Waals surface area (Å²) in [5, 5.41) is 6.25. The number of methoxy groups -OCH3 is 1. The van der Waals surface area contributed by atoms with Crippen LogP contribution in [-0.2, 0) is 0 Å². The van der Waals surface area contributed by atoms with E-state index in [0.717, 1.165) is 18.2 Å². The summed E-state index contributed by atoms with van der Waals surface area (Å²) < 4.78 is 5.30. The van der Waals surface area contributed by atoms with Crippen molar-refractivity contribution in [2.45, 2.75) is 38.6 Å². The second-order valence-electron chi connectivity index (χ2n) is 6.56. The Balaban J connectivity index is 1.89. The minimum atomic E-state index is 0.626. The van der Waals surface area contributed by atoms with Crippen molar-refractivity contribution in [2.24, 2.45) is 5.92 Å². The van der Waals surface area contributed by atoms with Crippen LogP contribution in [0, 0.1) is 5.92 Å². The maximum absolute atomic E-state index is 5.30. The van der Waals surface area contributed by atoms with Crippen LogP contribution in [0.2, 0.25) is 0 Å². The maximum Gasteiger partial charge on any atom is 0.119 e. The van der Waals surface area contributed by atoms with Gasteiger partial charge in [-0.25, -0.2) is 0 Å². The molecule has 2 aromatic rings. The Kier molecular flexibility index (Phi) is 4.16. The van der Waals surface area contributed by atoms with Gasteiger partial charge in [-0.1, -0.05) is 38.1 Å². The molecule has 1 N–H and O–H groups in total. The molecule has 2 unspecified atom stereocenters. The highest BCUT2D eigenvalue weighted by atomic mass is 16.5. The van der Waals surface area contributed by atoms with Gasteiger partial charge in [0.1, 0.15) is 5.75 Å². The molecule has 1 fully saturated rings. The van der Waals surface area contributed by atoms with Crippen LogP contribution in [0.1, 0.15) is 38.2 Å². The molecule has 2 atom stereocenters. The van der Waals surface area contributed by atoms with Gasteiger partial charge < -0.3 is 10.1 Å². The van der Waals surface area contributed by atoms with Crippen molar-refractivity contribution in [3.8, 4) is 5.75 Å². The lowest BCUT2D eigenvalue weighted by Crippen LogP contribution is -2.27. The highest BCUT2D eigenvalue weighted by molar-refractivity contribution is 5.84. The zero-order valence-corrected chi connectivity index (χ0v) is 13.2. The first-order valence-corrected chi connectivity index (χ1v) is 7.98. The number of benzene rings is 2. The Hall–Kier alpha value is -1.54. The predicted molar refractivity (Wildman–Crippen MR) is 89.1 cm³/mol. The molecular formula is C19H25NO. The van der Waals surface area contributed by atoms with E-state index >= 15 is 0 Å². The van der Waals surface area contributed by atoms with Crippen LogP contribution in [0.5, 0.6) is 5.75 Å². The molecule has 1 aliphatic rings. The molecule has 1 saturated heterocycles. The molecule has 1 heterocycles. The van der Waals surface area contributed by atoms with Gasteiger partial charge in [-0.15, -0.1) is 0 Å². The number of hydrogen-bond donors (Lipinski definition) is 1. The van der Waals surface area contributed by atoms with Gasteiger partial charge in [-0.2, -0.15) is 0 Å². The Labute approximate surface area is 127 Å². The smallest absolute Gasteiger partial charge is 0.119 e. The lowest BCUT2D eigenvalue weighted by Gasteiger charge is -2.22. The Morgan fingerprint density at radius 1 is 1.14 bits per heavy atom. The molecule has 2 aromatic carbocycles. The standard InChI is InChI=1S/C19H25NO/c1-13(2)10-19-18(8-9-20-19)16-5-4-15-12-17(21-3)7-6-14(15)11-16/h4-7,11-13,18-20H,8-10H2,1-3H3. The average molecular weight is 283 g/mol. The fourth-order valence-electron chi connectivity index (χ4n) is 3.52. The molecule has 0 spiro atoms. The summed E-state index contributed by atoms with van der Waals surface area (Å²) in [6, 6.07) is 13.8. The number of ether oxygens (including phenoxy) is 1. The molecule has 112 valence electrons. The molecule has 2 nitrogen and oxygen atoms in total. The first kappa shape index (κ1) is 14.4. The van der Waals surface area contributed by atoms with Gasteiger partial charge >= 0.3 is 0 Å². The first-order valence-electron chi connectivity index (χ1n) is 7.98. The van der Waals surface area contributed by atoms with Crippen LogP contribution in [0.3, 0.4) is 0 Å². The summed E-state index contributed by atoms with van der Waals surface area (Å²) in [4.78, 5) is 0. The largest absolute Gasteiger partial charge is 0.497 e. The summed E-state index contributed by atoms with van der Waals surface area (Å²) in [5.41, 5.74) is 1.48. The Bertz CT molecular complexity index is 620. The molecule has 21 heavy (non-hydrogen) atoms. The number of nitrogens with one attached hydrogen (secondary N) is 1. The normalized spacial score (nSPS) is 22.1. The third-order valence-corrected chi connectivity index (χ3v) is 4.57. The van der Waals surface area contributed by atoms with Crippen LogP contribution in [0.25, 0.3) is 10.8 Å². The molecular weight excluding hydrogens is 258 g/mol. The zero-order valence-electron chi connectivity index (χ0n) is 13.2. The van der Waals surface area contributed by atoms with Gasteiger partial charge in [0.25, 0.3) is 0 Å². The van der Waals surface area contributed by atoms with Crippen LogP contribution >= 0.6 is 0 Å². The van der Waals surface area contributed by atoms with Gasteiger partial charge in [0.05, 0.1) is 7.11 Å². The molecule has 0 aromatic heterocycles. The van der Waals surface area contributed by atoms with E-state index in [0.29, 0.717) is 12.0 Å². The van der Waals surface area contributed by atoms with E-state index in [1.54, 1.807) is 7.11 Å². The third kappa shape index (κ3) is 3.06. The maximum atomic E-state index is 5.30. The lowest BCUT2D eigenvalue weighted by molar-refractivity contribution is 0.415. The molecule has 1 aliphatic heterocycles. The summed E-state index contributed by atoms with van der Waals surface area (Å²) in [7, 11) is 1.72. The second kappa shape index (κ2) is 6.07. The molecule has 3 rings (SSSR count). The van der Waals surface area contributed by atoms with Crippen LogP contribution in [-0.4, -0.2) is 19.7 Å². The van der Waals surface area contributed by atoms with Crippen molar-refractivity contribution >= 4 is 10.8 Å². The van der Waals surface area contributed by atoms with E-state index in [1.165, 1.54) is 29.2 Å². The summed E-state index contributed by atoms with van der Waals surface area (Å²) in [6.45, 7) is 5.76. The molecule has 0 radical (unpaired) electrons. The summed E-state index contributed by atoms with van der Waals surface area (Å²) in [5.74, 6) is 2.32. The van der Waals surface area contributed by atoms with Crippen molar-refractivity contribution in [3.63, 3.8) is 0 Å². The zero-order chi connectivity index (χ0) is 14.8. The molecule has 0 amide bonds. The fourth-order valence-corrected chi connectivity index (χ4v) is 3.52. The van der Waals surface area contributed by atoms with Crippen LogP contribution < -0.4 is 10.1 Å². The van der Waals surface area contributed by atoms with E-state index < -0.39 is 0 Å². The van der Waals surface area contributed by atoms with Crippen LogP contribution in [0.4, 0.5) is 0 Å². The number of hydrogen-bond acceptors (Lipinski definition) is 2. The highest BCUT2D eigenvalue weighted by Crippen LogP contribution is 2.33. The topological polar surface area (TPSA) is 21.3 Å². The van der Waals surface area contributed by atoms with Gasteiger partial charge in [-0.05, 0) is 53.8 Å². The summed E-state index contributed by atoms with van der Waals surface area (Å²) >= 11 is 0. The third-order valence-electron chi connectivity index (χ3n) is 4.57. The van der Waals surface area contributed by atoms with Crippen LogP contribution in [0.15, 0.2) is 36.4 Å². The van der Waals surface area contributed by atoms with E-state index in [1.807, 2.05) is 6.07 Å². The minimum absolute atomic E-state index is 0.626. The average Bonchev–Trinajstić information content (AvgIpc) is 2.93. The van der Waals surface area contributed by atoms with Gasteiger partial charge in [-0.3, -0.25) is 0 Å². The minimum Gasteiger partial charge on any atom is -0.497 e. The van der Waals surface area contributed by atoms with Crippen molar-refractivity contribution in [1.29, 1.82) is 0 Å². The number of rotatable bonds is 4. The van der Waals surface area contributed by atoms with E-state index in [9.17, 15) is 0 Å². The SMILES string of the molecule is COc1ccc2cc(C3CCNC3CC(C)C)ccc2c1. The predicted octanol–water partition coefficient (Wildman–Crippen LogP) is 4.34. The summed E-state index contributed by atoms with van der Waals surface area (Å²) in [6.07, 6.45) is 2.50. The van der Waals surface area contributed by atoms with Crippen molar-refractivity contribution < 1.29 is 4.74 Å². The van der Waals surface area contributed by atoms with E-state index in [4.69, 9.17) is 4.74 Å².